The molecule has 3 atom stereocenters. The molecule has 196 valence electrons. The Kier molecular flexibility index (Phi) is 6.24. The number of aromatic hydroxyl groups is 1. The molecule has 3 N–H and O–H groups in total. The average Bonchev–Trinajstić information content (AvgIpc) is 3.38. The maximum Gasteiger partial charge on any atom is 0.206 e. The van der Waals surface area contributed by atoms with Crippen molar-refractivity contribution in [3.05, 3.63) is 48.4 Å². The van der Waals surface area contributed by atoms with Crippen molar-refractivity contribution in [1.82, 2.24) is 25.1 Å². The van der Waals surface area contributed by atoms with Gasteiger partial charge in [-0.25, -0.2) is 14.4 Å². The molecule has 3 aromatic rings. The molecule has 0 aliphatic carbocycles. The third-order valence-electron chi connectivity index (χ3n) is 7.71. The van der Waals surface area contributed by atoms with Gasteiger partial charge < -0.3 is 20.6 Å². The summed E-state index contributed by atoms with van der Waals surface area (Å²) in [6.07, 6.45) is 4.37. The maximum atomic E-state index is 14.1. The number of piperazine rings is 1. The van der Waals surface area contributed by atoms with E-state index < -0.39 is 5.67 Å². The van der Waals surface area contributed by atoms with Gasteiger partial charge in [-0.05, 0) is 56.4 Å². The van der Waals surface area contributed by atoms with E-state index in [0.29, 0.717) is 42.4 Å². The highest BCUT2D eigenvalue weighted by molar-refractivity contribution is 5.75. The minimum atomic E-state index is -1.12. The summed E-state index contributed by atoms with van der Waals surface area (Å²) in [6.45, 7) is 4.88. The summed E-state index contributed by atoms with van der Waals surface area (Å²) in [4.78, 5) is 15.7. The first-order valence-corrected chi connectivity index (χ1v) is 13.0. The zero-order valence-electron chi connectivity index (χ0n) is 21.4. The molecule has 9 nitrogen and oxygen atoms in total. The van der Waals surface area contributed by atoms with E-state index in [2.05, 4.69) is 36.8 Å². The molecule has 10 heteroatoms. The fourth-order valence-corrected chi connectivity index (χ4v) is 5.87. The van der Waals surface area contributed by atoms with Crippen LogP contribution in [0.1, 0.15) is 32.0 Å². The van der Waals surface area contributed by atoms with Crippen LogP contribution in [0.3, 0.4) is 0 Å². The van der Waals surface area contributed by atoms with Crippen molar-refractivity contribution in [3.63, 3.8) is 0 Å². The molecule has 3 aliphatic rings. The lowest BCUT2D eigenvalue weighted by atomic mass is 10.1. The Balaban J connectivity index is 1.18. The summed E-state index contributed by atoms with van der Waals surface area (Å²) in [7, 11) is 0. The second kappa shape index (κ2) is 9.72. The second-order valence-electron chi connectivity index (χ2n) is 10.6. The fourth-order valence-electron chi connectivity index (χ4n) is 5.87. The number of alkyl halides is 1. The van der Waals surface area contributed by atoms with Crippen molar-refractivity contribution >= 4 is 17.3 Å². The largest absolute Gasteiger partial charge is 0.507 e. The molecule has 38 heavy (non-hydrogen) atoms. The molecule has 5 heterocycles. The number of nitrogens with zero attached hydrogens (tertiary/aromatic N) is 7. The maximum absolute atomic E-state index is 14.1. The average molecular weight is 515 g/mol. The zero-order valence-corrected chi connectivity index (χ0v) is 21.4. The van der Waals surface area contributed by atoms with E-state index in [4.69, 9.17) is 10.7 Å². The number of hydrogen-bond acceptors (Lipinski definition) is 9. The molecule has 3 fully saturated rings. The van der Waals surface area contributed by atoms with Crippen LogP contribution in [-0.2, 0) is 0 Å². The van der Waals surface area contributed by atoms with Crippen LogP contribution in [0.2, 0.25) is 0 Å². The summed E-state index contributed by atoms with van der Waals surface area (Å²) in [6, 6.07) is 11.5. The molecule has 6 rings (SSSR count). The molecule has 2 bridgehead atoms. The summed E-state index contributed by atoms with van der Waals surface area (Å²) >= 11 is 0. The van der Waals surface area contributed by atoms with E-state index in [1.54, 1.807) is 25.3 Å². The quantitative estimate of drug-likeness (QED) is 0.508. The summed E-state index contributed by atoms with van der Waals surface area (Å²) in [5, 5.41) is 18.8. The van der Waals surface area contributed by atoms with E-state index in [0.717, 1.165) is 44.0 Å². The topological polar surface area (TPSA) is 108 Å². The van der Waals surface area contributed by atoms with E-state index in [1.165, 1.54) is 0 Å². The van der Waals surface area contributed by atoms with Crippen LogP contribution < -0.4 is 15.5 Å². The standard InChI is InChI=1S/C28H31FN8O/c1-28(29)11-14-35(18-28)13-4-7-25-31-12-10-26(32-25)36-16-19-8-9-20(17-36)37(19)23-15-22(33-34-27(23)30)21-5-2-3-6-24(21)38/h2-3,5-6,10,12,15,19-20,38H,8-9,11,13-14,16-18H2,1H3,(H2,30,34)/t19-,20+,28-/m0/s1. The third-order valence-corrected chi connectivity index (χ3v) is 7.71. The van der Waals surface area contributed by atoms with Crippen LogP contribution >= 0.6 is 0 Å². The van der Waals surface area contributed by atoms with E-state index >= 15 is 0 Å². The first-order chi connectivity index (χ1) is 18.4. The number of para-hydroxylation sites is 1. The Morgan fingerprint density at radius 2 is 1.95 bits per heavy atom. The van der Waals surface area contributed by atoms with Crippen LogP contribution in [0, 0.1) is 11.8 Å². The van der Waals surface area contributed by atoms with Gasteiger partial charge in [0.05, 0.1) is 17.9 Å². The number of nitrogen functional groups attached to an aromatic ring is 1. The Morgan fingerprint density at radius 1 is 1.16 bits per heavy atom. The minimum Gasteiger partial charge on any atom is -0.507 e. The van der Waals surface area contributed by atoms with Crippen molar-refractivity contribution < 1.29 is 9.50 Å². The molecule has 0 radical (unpaired) electrons. The van der Waals surface area contributed by atoms with Gasteiger partial charge in [-0.15, -0.1) is 10.2 Å². The number of anilines is 3. The van der Waals surface area contributed by atoms with Gasteiger partial charge in [-0.1, -0.05) is 18.1 Å². The van der Waals surface area contributed by atoms with Crippen molar-refractivity contribution in [1.29, 1.82) is 0 Å². The molecule has 0 spiro atoms. The van der Waals surface area contributed by atoms with Gasteiger partial charge in [0.1, 0.15) is 17.2 Å². The van der Waals surface area contributed by atoms with Gasteiger partial charge in [0, 0.05) is 50.0 Å². The highest BCUT2D eigenvalue weighted by Crippen LogP contribution is 2.40. The summed E-state index contributed by atoms with van der Waals surface area (Å²) in [5.74, 6) is 8.06. The highest BCUT2D eigenvalue weighted by Gasteiger charge is 2.41. The predicted octanol–water partition coefficient (Wildman–Crippen LogP) is 2.86. The zero-order chi connectivity index (χ0) is 26.3. The number of aromatic nitrogens is 4. The number of benzene rings is 1. The molecular formula is C28H31FN8O. The number of rotatable bonds is 4. The minimum absolute atomic E-state index is 0.161. The number of halogens is 1. The number of fused-ring (bicyclic) bond motifs is 2. The van der Waals surface area contributed by atoms with Crippen LogP contribution in [0.15, 0.2) is 42.6 Å². The molecule has 0 unspecified atom stereocenters. The van der Waals surface area contributed by atoms with E-state index in [9.17, 15) is 9.50 Å². The van der Waals surface area contributed by atoms with Gasteiger partial charge in [0.15, 0.2) is 5.82 Å². The first-order valence-electron chi connectivity index (χ1n) is 13.0. The summed E-state index contributed by atoms with van der Waals surface area (Å²) < 4.78 is 14.1. The van der Waals surface area contributed by atoms with Crippen LogP contribution in [0.25, 0.3) is 11.3 Å². The number of phenols is 1. The lowest BCUT2D eigenvalue weighted by molar-refractivity contribution is 0.194. The molecule has 0 amide bonds. The number of hydrogen-bond donors (Lipinski definition) is 2. The molecule has 2 aromatic heterocycles. The normalized spacial score (nSPS) is 24.9. The Hall–Kier alpha value is -3.97. The molecule has 1 aromatic carbocycles. The summed E-state index contributed by atoms with van der Waals surface area (Å²) in [5.41, 5.74) is 7.26. The Labute approximate surface area is 221 Å². The molecular weight excluding hydrogens is 483 g/mol. The van der Waals surface area contributed by atoms with Gasteiger partial charge in [0.2, 0.25) is 5.82 Å². The van der Waals surface area contributed by atoms with Gasteiger partial charge in [0.25, 0.3) is 0 Å². The van der Waals surface area contributed by atoms with Crippen molar-refractivity contribution in [2.45, 2.75) is 43.9 Å². The second-order valence-corrected chi connectivity index (χ2v) is 10.6. The monoisotopic (exact) mass is 514 g/mol. The van der Waals surface area contributed by atoms with E-state index in [-0.39, 0.29) is 17.8 Å². The third kappa shape index (κ3) is 4.82. The smallest absolute Gasteiger partial charge is 0.206 e. The van der Waals surface area contributed by atoms with Gasteiger partial charge in [-0.3, -0.25) is 4.90 Å². The lowest BCUT2D eigenvalue weighted by Gasteiger charge is -2.43. The van der Waals surface area contributed by atoms with Crippen molar-refractivity contribution in [2.24, 2.45) is 0 Å². The number of likely N-dealkylation sites (tertiary alicyclic amines) is 1. The van der Waals surface area contributed by atoms with Crippen LogP contribution in [0.4, 0.5) is 21.7 Å². The van der Waals surface area contributed by atoms with Crippen LogP contribution in [0.5, 0.6) is 5.75 Å². The van der Waals surface area contributed by atoms with Crippen molar-refractivity contribution in [3.8, 4) is 28.8 Å². The van der Waals surface area contributed by atoms with Gasteiger partial charge >= 0.3 is 0 Å². The number of phenolic OH excluding ortho intramolecular Hbond substituents is 1. The molecule has 0 saturated carbocycles. The van der Waals surface area contributed by atoms with E-state index in [1.807, 2.05) is 29.2 Å². The fraction of sp³-hybridized carbons (Fsp3) is 0.429. The predicted molar refractivity (Wildman–Crippen MR) is 145 cm³/mol. The SMILES string of the molecule is C[C@]1(F)CCN(CC#Cc2nccc(N3C[C@H]4CC[C@@H](C3)N4c3cc(-c4ccccc4O)nnc3N)n2)C1. The first kappa shape index (κ1) is 24.4. The molecule has 3 aliphatic heterocycles. The van der Waals surface area contributed by atoms with Gasteiger partial charge in [-0.2, -0.15) is 0 Å². The van der Waals surface area contributed by atoms with Crippen molar-refractivity contribution in [2.75, 3.05) is 48.3 Å². The lowest BCUT2D eigenvalue weighted by Crippen LogP contribution is -2.54. The molecule has 3 saturated heterocycles. The Bertz CT molecular complexity index is 1390. The van der Waals surface area contributed by atoms with Crippen LogP contribution in [-0.4, -0.2) is 80.6 Å². The number of nitrogens with two attached hydrogens (primary N) is 1. The highest BCUT2D eigenvalue weighted by atomic mass is 19.1. The Morgan fingerprint density at radius 3 is 2.68 bits per heavy atom.